The molecule has 0 amide bonds. The zero-order valence-electron chi connectivity index (χ0n) is 13.5. The molecule has 1 aliphatic heterocycles. The van der Waals surface area contributed by atoms with Crippen molar-refractivity contribution in [3.63, 3.8) is 0 Å². The van der Waals surface area contributed by atoms with Crippen molar-refractivity contribution in [3.8, 4) is 11.4 Å². The second-order valence-corrected chi connectivity index (χ2v) is 7.99. The van der Waals surface area contributed by atoms with Crippen molar-refractivity contribution >= 4 is 10.2 Å². The van der Waals surface area contributed by atoms with Crippen molar-refractivity contribution in [2.75, 3.05) is 20.6 Å². The Hall–Kier alpha value is -1.77. The average Bonchev–Trinajstić information content (AvgIpc) is 3.16. The normalized spacial score (nSPS) is 19.6. The van der Waals surface area contributed by atoms with Gasteiger partial charge in [-0.05, 0) is 25.0 Å². The Balaban J connectivity index is 1.97. The van der Waals surface area contributed by atoms with Gasteiger partial charge in [0.1, 0.15) is 0 Å². The highest BCUT2D eigenvalue weighted by Crippen LogP contribution is 2.34. The molecule has 2 aromatic rings. The smallest absolute Gasteiger partial charge is 0.282 e. The number of pyridine rings is 1. The van der Waals surface area contributed by atoms with Crippen LogP contribution in [0.1, 0.15) is 24.6 Å². The van der Waals surface area contributed by atoms with E-state index in [1.165, 1.54) is 4.31 Å². The van der Waals surface area contributed by atoms with Crippen LogP contribution in [-0.4, -0.2) is 52.2 Å². The summed E-state index contributed by atoms with van der Waals surface area (Å²) >= 11 is 0. The number of aromatic nitrogens is 3. The summed E-state index contributed by atoms with van der Waals surface area (Å²) in [6.45, 7) is 0.531. The number of imidazole rings is 1. The molecule has 0 spiro atoms. The van der Waals surface area contributed by atoms with Gasteiger partial charge < -0.3 is 4.57 Å². The molecular weight excluding hydrogens is 314 g/mol. The van der Waals surface area contributed by atoms with E-state index in [0.717, 1.165) is 29.9 Å². The minimum atomic E-state index is -3.44. The van der Waals surface area contributed by atoms with Crippen LogP contribution in [0.3, 0.4) is 0 Å². The molecule has 124 valence electrons. The largest absolute Gasteiger partial charge is 0.332 e. The molecule has 7 nitrogen and oxygen atoms in total. The highest BCUT2D eigenvalue weighted by atomic mass is 32.2. The third-order valence-electron chi connectivity index (χ3n) is 4.15. The molecule has 23 heavy (non-hydrogen) atoms. The monoisotopic (exact) mass is 335 g/mol. The highest BCUT2D eigenvalue weighted by Gasteiger charge is 2.37. The second kappa shape index (κ2) is 6.03. The van der Waals surface area contributed by atoms with E-state index in [4.69, 9.17) is 4.98 Å². The van der Waals surface area contributed by atoms with Crippen molar-refractivity contribution < 1.29 is 8.42 Å². The van der Waals surface area contributed by atoms with Crippen LogP contribution >= 0.6 is 0 Å². The number of hydrogen-bond donors (Lipinski definition) is 0. The van der Waals surface area contributed by atoms with Gasteiger partial charge in [-0.3, -0.25) is 0 Å². The maximum Gasteiger partial charge on any atom is 0.282 e. The first kappa shape index (κ1) is 16.1. The van der Waals surface area contributed by atoms with E-state index < -0.39 is 10.2 Å². The summed E-state index contributed by atoms with van der Waals surface area (Å²) in [5.41, 5.74) is 2.50. The topological polar surface area (TPSA) is 71.3 Å². The first-order valence-corrected chi connectivity index (χ1v) is 8.94. The Morgan fingerprint density at radius 3 is 2.74 bits per heavy atom. The van der Waals surface area contributed by atoms with Crippen LogP contribution in [0.15, 0.2) is 30.7 Å². The summed E-state index contributed by atoms with van der Waals surface area (Å²) in [6.07, 6.45) is 5.11. The standard InChI is InChI=1S/C15H21N5O2S/c1-18(2)23(21,22)20-9-5-8-14(20)12-6-4-7-13(17-12)15-10-16-11-19(15)3/h4,6-7,10-11,14H,5,8-9H2,1-3H3/t14-/m1/s1. The molecule has 1 fully saturated rings. The zero-order valence-corrected chi connectivity index (χ0v) is 14.4. The molecule has 1 atom stereocenters. The van der Waals surface area contributed by atoms with Crippen LogP contribution in [-0.2, 0) is 17.3 Å². The second-order valence-electron chi connectivity index (χ2n) is 5.90. The van der Waals surface area contributed by atoms with Crippen molar-refractivity contribution in [1.82, 2.24) is 23.1 Å². The van der Waals surface area contributed by atoms with Crippen LogP contribution in [0, 0.1) is 0 Å². The fourth-order valence-electron chi connectivity index (χ4n) is 2.91. The fourth-order valence-corrected chi connectivity index (χ4v) is 4.22. The van der Waals surface area contributed by atoms with Gasteiger partial charge in [-0.15, -0.1) is 0 Å². The van der Waals surface area contributed by atoms with Gasteiger partial charge in [0.25, 0.3) is 10.2 Å². The van der Waals surface area contributed by atoms with Crippen molar-refractivity contribution in [1.29, 1.82) is 0 Å². The molecule has 0 unspecified atom stereocenters. The molecule has 0 bridgehead atoms. The number of hydrogen-bond acceptors (Lipinski definition) is 4. The van der Waals surface area contributed by atoms with Gasteiger partial charge in [-0.25, -0.2) is 9.97 Å². The third kappa shape index (κ3) is 2.89. The molecule has 1 saturated heterocycles. The molecule has 2 aromatic heterocycles. The average molecular weight is 335 g/mol. The predicted octanol–water partition coefficient (Wildman–Crippen LogP) is 1.43. The van der Waals surface area contributed by atoms with Crippen LogP contribution in [0.5, 0.6) is 0 Å². The molecule has 3 heterocycles. The van der Waals surface area contributed by atoms with Crippen LogP contribution in [0.4, 0.5) is 0 Å². The Morgan fingerprint density at radius 2 is 2.09 bits per heavy atom. The van der Waals surface area contributed by atoms with Crippen LogP contribution < -0.4 is 0 Å². The van der Waals surface area contributed by atoms with Crippen molar-refractivity contribution in [3.05, 3.63) is 36.4 Å². The molecule has 0 aliphatic carbocycles. The Bertz CT molecular complexity index is 800. The molecule has 0 saturated carbocycles. The van der Waals surface area contributed by atoms with E-state index in [1.54, 1.807) is 30.9 Å². The van der Waals surface area contributed by atoms with Crippen molar-refractivity contribution in [2.45, 2.75) is 18.9 Å². The first-order valence-electron chi connectivity index (χ1n) is 7.54. The number of rotatable bonds is 4. The maximum atomic E-state index is 12.5. The van der Waals surface area contributed by atoms with Gasteiger partial charge in [0, 0.05) is 27.7 Å². The lowest BCUT2D eigenvalue weighted by Crippen LogP contribution is -2.39. The van der Waals surface area contributed by atoms with Gasteiger partial charge in [-0.2, -0.15) is 17.0 Å². The summed E-state index contributed by atoms with van der Waals surface area (Å²) in [7, 11) is 1.59. The molecule has 1 aliphatic rings. The SMILES string of the molecule is CN(C)S(=O)(=O)N1CCC[C@@H]1c1cccc(-c2cncn2C)n1. The van der Waals surface area contributed by atoms with Crippen molar-refractivity contribution in [2.24, 2.45) is 7.05 Å². The van der Waals surface area contributed by atoms with E-state index >= 15 is 0 Å². The molecule has 3 rings (SSSR count). The molecule has 0 N–H and O–H groups in total. The number of aryl methyl sites for hydroxylation is 1. The molecule has 0 radical (unpaired) electrons. The third-order valence-corrected chi connectivity index (χ3v) is 6.11. The quantitative estimate of drug-likeness (QED) is 0.847. The zero-order chi connectivity index (χ0) is 16.6. The van der Waals surface area contributed by atoms with Gasteiger partial charge in [0.05, 0.1) is 35.6 Å². The minimum Gasteiger partial charge on any atom is -0.332 e. The fraction of sp³-hybridized carbons (Fsp3) is 0.467. The lowest BCUT2D eigenvalue weighted by Gasteiger charge is -2.26. The minimum absolute atomic E-state index is 0.212. The predicted molar refractivity (Wildman–Crippen MR) is 87.7 cm³/mol. The van der Waals surface area contributed by atoms with E-state index in [9.17, 15) is 8.42 Å². The van der Waals surface area contributed by atoms with Crippen LogP contribution in [0.2, 0.25) is 0 Å². The summed E-state index contributed by atoms with van der Waals surface area (Å²) in [5.74, 6) is 0. The van der Waals surface area contributed by atoms with Crippen LogP contribution in [0.25, 0.3) is 11.4 Å². The lowest BCUT2D eigenvalue weighted by molar-refractivity contribution is 0.358. The maximum absolute atomic E-state index is 12.5. The van der Waals surface area contributed by atoms with E-state index in [1.807, 2.05) is 29.8 Å². The van der Waals surface area contributed by atoms with Gasteiger partial charge in [0.2, 0.25) is 0 Å². The summed E-state index contributed by atoms with van der Waals surface area (Å²) in [5, 5.41) is 0. The van der Waals surface area contributed by atoms with E-state index in [-0.39, 0.29) is 6.04 Å². The summed E-state index contributed by atoms with van der Waals surface area (Å²) < 4.78 is 29.7. The summed E-state index contributed by atoms with van der Waals surface area (Å²) in [4.78, 5) is 8.81. The summed E-state index contributed by atoms with van der Waals surface area (Å²) in [6, 6.07) is 5.52. The van der Waals surface area contributed by atoms with Gasteiger partial charge in [-0.1, -0.05) is 6.07 Å². The van der Waals surface area contributed by atoms with Gasteiger partial charge in [0.15, 0.2) is 0 Å². The van der Waals surface area contributed by atoms with E-state index in [2.05, 4.69) is 4.98 Å². The van der Waals surface area contributed by atoms with E-state index in [0.29, 0.717) is 6.54 Å². The first-order chi connectivity index (χ1) is 10.9. The van der Waals surface area contributed by atoms with Gasteiger partial charge >= 0.3 is 0 Å². The Kier molecular flexibility index (Phi) is 4.22. The molecule has 0 aromatic carbocycles. The number of nitrogens with zero attached hydrogens (tertiary/aromatic N) is 5. The molecule has 8 heteroatoms. The highest BCUT2D eigenvalue weighted by molar-refractivity contribution is 7.86. The lowest BCUT2D eigenvalue weighted by atomic mass is 10.1. The Labute approximate surface area is 136 Å². The Morgan fingerprint density at radius 1 is 1.30 bits per heavy atom. The molecular formula is C15H21N5O2S.